The van der Waals surface area contributed by atoms with Crippen LogP contribution in [0.15, 0.2) is 84.9 Å². The zero-order valence-corrected chi connectivity index (χ0v) is 11.2. The Morgan fingerprint density at radius 3 is 1.80 bits per heavy atom. The molecule has 20 heavy (non-hydrogen) atoms. The van der Waals surface area contributed by atoms with Gasteiger partial charge in [0.25, 0.3) is 0 Å². The molecule has 0 spiro atoms. The van der Waals surface area contributed by atoms with Crippen LogP contribution in [0.1, 0.15) is 16.7 Å². The van der Waals surface area contributed by atoms with Crippen LogP contribution in [0.5, 0.6) is 0 Å². The van der Waals surface area contributed by atoms with Gasteiger partial charge in [-0.25, -0.2) is 0 Å². The van der Waals surface area contributed by atoms with Gasteiger partial charge in [-0.1, -0.05) is 78.9 Å². The molecule has 0 aliphatic carbocycles. The topological polar surface area (TPSA) is 0 Å². The third-order valence-corrected chi connectivity index (χ3v) is 3.21. The molecule has 0 amide bonds. The summed E-state index contributed by atoms with van der Waals surface area (Å²) in [6.07, 6.45) is 2.21. The highest BCUT2D eigenvalue weighted by atomic mass is 14.1. The number of hydrogen-bond acceptors (Lipinski definition) is 0. The summed E-state index contributed by atoms with van der Waals surface area (Å²) < 4.78 is 0. The molecule has 0 nitrogen and oxygen atoms in total. The van der Waals surface area contributed by atoms with Gasteiger partial charge in [-0.3, -0.25) is 0 Å². The van der Waals surface area contributed by atoms with Gasteiger partial charge in [0.1, 0.15) is 0 Å². The summed E-state index contributed by atoms with van der Waals surface area (Å²) in [7, 11) is 0. The number of benzene rings is 3. The summed E-state index contributed by atoms with van der Waals surface area (Å²) in [5.41, 5.74) is 4.84. The summed E-state index contributed by atoms with van der Waals surface area (Å²) >= 11 is 0. The van der Waals surface area contributed by atoms with Crippen molar-refractivity contribution in [3.8, 4) is 0 Å². The predicted molar refractivity (Wildman–Crippen MR) is 85.1 cm³/mol. The van der Waals surface area contributed by atoms with Crippen molar-refractivity contribution < 1.29 is 0 Å². The Labute approximate surface area is 120 Å². The number of hydrogen-bond donors (Lipinski definition) is 0. The first-order valence-corrected chi connectivity index (χ1v) is 6.72. The molecule has 95 valence electrons. The van der Waals surface area contributed by atoms with Gasteiger partial charge in [-0.05, 0) is 40.5 Å². The van der Waals surface area contributed by atoms with Gasteiger partial charge in [0.2, 0.25) is 0 Å². The monoisotopic (exact) mass is 255 g/mol. The summed E-state index contributed by atoms with van der Waals surface area (Å²) in [5.74, 6) is 0. The Kier molecular flexibility index (Phi) is 3.75. The average Bonchev–Trinajstić information content (AvgIpc) is 2.55. The molecule has 0 heterocycles. The third kappa shape index (κ3) is 2.86. The molecule has 3 rings (SSSR count). The van der Waals surface area contributed by atoms with Crippen molar-refractivity contribution in [2.24, 2.45) is 0 Å². The van der Waals surface area contributed by atoms with Gasteiger partial charge in [0.15, 0.2) is 0 Å². The van der Waals surface area contributed by atoms with Crippen LogP contribution in [0.4, 0.5) is 0 Å². The second-order valence-electron chi connectivity index (χ2n) is 4.63. The molecular formula is C20H15. The summed E-state index contributed by atoms with van der Waals surface area (Å²) in [4.78, 5) is 0. The lowest BCUT2D eigenvalue weighted by atomic mass is 9.96. The Morgan fingerprint density at radius 2 is 1.30 bits per heavy atom. The van der Waals surface area contributed by atoms with Crippen molar-refractivity contribution in [1.82, 2.24) is 0 Å². The minimum atomic E-state index is 1.16. The number of rotatable bonds is 3. The smallest absolute Gasteiger partial charge is 0.0105 e. The minimum Gasteiger partial charge on any atom is -0.0622 e. The SMILES string of the molecule is [c]1cccc(C=C(c2ccccc2)c2ccccc2)c1. The van der Waals surface area contributed by atoms with Crippen molar-refractivity contribution in [3.63, 3.8) is 0 Å². The highest BCUT2D eigenvalue weighted by Gasteiger charge is 2.04. The van der Waals surface area contributed by atoms with E-state index >= 15 is 0 Å². The van der Waals surface area contributed by atoms with Gasteiger partial charge >= 0.3 is 0 Å². The Hall–Kier alpha value is -2.60. The van der Waals surface area contributed by atoms with Crippen LogP contribution in [-0.4, -0.2) is 0 Å². The van der Waals surface area contributed by atoms with E-state index in [-0.39, 0.29) is 0 Å². The standard InChI is InChI=1S/C20H15/c1-4-10-17(11-5-1)16-20(18-12-6-2-7-13-18)19-14-8-3-9-15-19/h1-4,6-16H. The van der Waals surface area contributed by atoms with Crippen LogP contribution in [0.2, 0.25) is 0 Å². The second-order valence-corrected chi connectivity index (χ2v) is 4.63. The maximum absolute atomic E-state index is 3.12. The van der Waals surface area contributed by atoms with Crippen molar-refractivity contribution >= 4 is 11.6 Å². The highest BCUT2D eigenvalue weighted by molar-refractivity contribution is 5.91. The fourth-order valence-corrected chi connectivity index (χ4v) is 2.23. The van der Waals surface area contributed by atoms with Crippen LogP contribution >= 0.6 is 0 Å². The fourth-order valence-electron chi connectivity index (χ4n) is 2.23. The predicted octanol–water partition coefficient (Wildman–Crippen LogP) is 5.08. The molecule has 1 radical (unpaired) electrons. The normalized spacial score (nSPS) is 10.0. The van der Waals surface area contributed by atoms with Crippen molar-refractivity contribution in [2.75, 3.05) is 0 Å². The zero-order valence-electron chi connectivity index (χ0n) is 11.2. The van der Waals surface area contributed by atoms with Crippen LogP contribution in [0, 0.1) is 6.07 Å². The summed E-state index contributed by atoms with van der Waals surface area (Å²) in [6, 6.07) is 32.1. The molecule has 0 saturated carbocycles. The molecule has 0 bridgehead atoms. The highest BCUT2D eigenvalue weighted by Crippen LogP contribution is 2.25. The maximum Gasteiger partial charge on any atom is -0.0105 e. The first-order chi connectivity index (χ1) is 9.93. The van der Waals surface area contributed by atoms with E-state index in [9.17, 15) is 0 Å². The Bertz CT molecular complexity index is 638. The molecule has 3 aromatic carbocycles. The molecule has 0 atom stereocenters. The molecule has 0 aliphatic rings. The van der Waals surface area contributed by atoms with E-state index in [1.165, 1.54) is 16.7 Å². The van der Waals surface area contributed by atoms with E-state index in [1.807, 2.05) is 30.3 Å². The van der Waals surface area contributed by atoms with E-state index in [2.05, 4.69) is 66.7 Å². The summed E-state index contributed by atoms with van der Waals surface area (Å²) in [6.45, 7) is 0. The van der Waals surface area contributed by atoms with Crippen molar-refractivity contribution in [1.29, 1.82) is 0 Å². The van der Waals surface area contributed by atoms with Crippen LogP contribution in [0.3, 0.4) is 0 Å². The van der Waals surface area contributed by atoms with Crippen LogP contribution in [0.25, 0.3) is 11.6 Å². The van der Waals surface area contributed by atoms with Crippen LogP contribution in [-0.2, 0) is 0 Å². The van der Waals surface area contributed by atoms with E-state index in [0.29, 0.717) is 0 Å². The zero-order chi connectivity index (χ0) is 13.6. The van der Waals surface area contributed by atoms with Gasteiger partial charge < -0.3 is 0 Å². The first kappa shape index (κ1) is 12.4. The Balaban J connectivity index is 2.12. The molecule has 0 fully saturated rings. The van der Waals surface area contributed by atoms with E-state index < -0.39 is 0 Å². The van der Waals surface area contributed by atoms with E-state index in [4.69, 9.17) is 0 Å². The van der Waals surface area contributed by atoms with Crippen molar-refractivity contribution in [3.05, 3.63) is 108 Å². The van der Waals surface area contributed by atoms with Gasteiger partial charge in [-0.15, -0.1) is 0 Å². The maximum atomic E-state index is 3.12. The molecule has 0 N–H and O–H groups in total. The molecule has 0 heteroatoms. The van der Waals surface area contributed by atoms with Crippen molar-refractivity contribution in [2.45, 2.75) is 0 Å². The van der Waals surface area contributed by atoms with Gasteiger partial charge in [-0.2, -0.15) is 0 Å². The van der Waals surface area contributed by atoms with Gasteiger partial charge in [0.05, 0.1) is 0 Å². The molecule has 0 aromatic heterocycles. The minimum absolute atomic E-state index is 1.16. The molecule has 0 unspecified atom stereocenters. The second kappa shape index (κ2) is 6.03. The Morgan fingerprint density at radius 1 is 0.700 bits per heavy atom. The lowest BCUT2D eigenvalue weighted by molar-refractivity contribution is 1.55. The lowest BCUT2D eigenvalue weighted by Gasteiger charge is -2.08. The summed E-state index contributed by atoms with van der Waals surface area (Å²) in [5, 5.41) is 0. The molecule has 0 saturated heterocycles. The van der Waals surface area contributed by atoms with Gasteiger partial charge in [0, 0.05) is 0 Å². The quantitative estimate of drug-likeness (QED) is 0.573. The molecular weight excluding hydrogens is 240 g/mol. The average molecular weight is 255 g/mol. The largest absolute Gasteiger partial charge is 0.0622 e. The van der Waals surface area contributed by atoms with E-state index in [0.717, 1.165) is 5.56 Å². The van der Waals surface area contributed by atoms with E-state index in [1.54, 1.807) is 0 Å². The first-order valence-electron chi connectivity index (χ1n) is 6.72. The third-order valence-electron chi connectivity index (χ3n) is 3.21. The lowest BCUT2D eigenvalue weighted by Crippen LogP contribution is -1.87. The molecule has 3 aromatic rings. The molecule has 0 aliphatic heterocycles. The van der Waals surface area contributed by atoms with Crippen LogP contribution < -0.4 is 0 Å². The fraction of sp³-hybridized carbons (Fsp3) is 0.